The van der Waals surface area contributed by atoms with Crippen LogP contribution in [-0.2, 0) is 0 Å². The second-order valence-corrected chi connectivity index (χ2v) is 6.89. The lowest BCUT2D eigenvalue weighted by molar-refractivity contribution is -0.210. The van der Waals surface area contributed by atoms with Crippen LogP contribution in [0.4, 0.5) is 10.8 Å². The van der Waals surface area contributed by atoms with E-state index in [1.54, 1.807) is 11.3 Å². The van der Waals surface area contributed by atoms with Gasteiger partial charge in [-0.3, -0.25) is 0 Å². The molecule has 0 bridgehead atoms. The highest BCUT2D eigenvalue weighted by Crippen LogP contribution is 2.39. The number of aromatic nitrogens is 1. The zero-order chi connectivity index (χ0) is 16.1. The van der Waals surface area contributed by atoms with Crippen molar-refractivity contribution in [2.75, 3.05) is 18.0 Å². The molecule has 0 amide bonds. The summed E-state index contributed by atoms with van der Waals surface area (Å²) < 4.78 is 1.05. The second kappa shape index (κ2) is 7.88. The van der Waals surface area contributed by atoms with Crippen molar-refractivity contribution in [3.8, 4) is 0 Å². The fraction of sp³-hybridized carbons (Fsp3) is 0.562. The number of nitrogens with two attached hydrogens (primary N) is 1. The number of anilines is 1. The second-order valence-electron chi connectivity index (χ2n) is 5.50. The molecule has 0 fully saturated rings. The number of fused-ring (bicyclic) bond motifs is 1. The molecule has 6 heteroatoms. The molecule has 2 N–H and O–H groups in total. The van der Waals surface area contributed by atoms with Crippen LogP contribution in [0, 0.1) is 6.92 Å². The first-order chi connectivity index (χ1) is 10.6. The standard InChI is InChI=1S/C16H23ClN4S/c1-4-6-8-21(9-7-5-2)16-19-15-13(22-16)10-12(20-18)11(3)14(15)17/h10,18H,4-9H2,1-3H3/p+1. The monoisotopic (exact) mass is 339 g/mol. The lowest BCUT2D eigenvalue weighted by atomic mass is 10.2. The first-order valence-electron chi connectivity index (χ1n) is 7.87. The highest BCUT2D eigenvalue weighted by Gasteiger charge is 2.17. The van der Waals surface area contributed by atoms with Crippen LogP contribution in [0.2, 0.25) is 5.02 Å². The Hall–Kier alpha value is -1.20. The topological polar surface area (TPSA) is 54.1 Å². The fourth-order valence-electron chi connectivity index (χ4n) is 2.37. The SMILES string of the molecule is CCCCN(CCCC)c1nc2c(Cl)c(C)c(N=[NH2+])cc2s1. The van der Waals surface area contributed by atoms with E-state index in [0.717, 1.165) is 39.7 Å². The normalized spacial score (nSPS) is 11.1. The van der Waals surface area contributed by atoms with Gasteiger partial charge in [-0.15, -0.1) is 0 Å². The van der Waals surface area contributed by atoms with Gasteiger partial charge in [-0.1, -0.05) is 49.6 Å². The third-order valence-corrected chi connectivity index (χ3v) is 5.33. The molecule has 4 nitrogen and oxygen atoms in total. The molecule has 0 atom stereocenters. The Morgan fingerprint density at radius 3 is 2.45 bits per heavy atom. The molecule has 2 aromatic rings. The highest BCUT2D eigenvalue weighted by molar-refractivity contribution is 7.22. The summed E-state index contributed by atoms with van der Waals surface area (Å²) in [7, 11) is 0. The van der Waals surface area contributed by atoms with E-state index in [2.05, 4.69) is 23.9 Å². The molecule has 0 aliphatic heterocycles. The van der Waals surface area contributed by atoms with E-state index >= 15 is 0 Å². The molecular formula is C16H24ClN4S+. The molecule has 0 unspecified atom stereocenters. The molecule has 0 aliphatic rings. The van der Waals surface area contributed by atoms with E-state index in [1.807, 2.05) is 13.0 Å². The lowest BCUT2D eigenvalue weighted by Crippen LogP contribution is -2.25. The molecule has 1 heterocycles. The first kappa shape index (κ1) is 17.2. The van der Waals surface area contributed by atoms with Gasteiger partial charge in [0.15, 0.2) is 5.13 Å². The summed E-state index contributed by atoms with van der Waals surface area (Å²) >= 11 is 8.12. The van der Waals surface area contributed by atoms with Crippen LogP contribution in [0.3, 0.4) is 0 Å². The Bertz CT molecular complexity index is 645. The highest BCUT2D eigenvalue weighted by atomic mass is 35.5. The fourth-order valence-corrected chi connectivity index (χ4v) is 3.73. The maximum Gasteiger partial charge on any atom is 0.186 e. The van der Waals surface area contributed by atoms with Crippen LogP contribution >= 0.6 is 22.9 Å². The number of nitrogens with zero attached hydrogens (tertiary/aromatic N) is 3. The van der Waals surface area contributed by atoms with Crippen molar-refractivity contribution in [1.29, 1.82) is 0 Å². The molecule has 0 radical (unpaired) electrons. The number of rotatable bonds is 8. The minimum atomic E-state index is 0.662. The Balaban J connectivity index is 2.40. The summed E-state index contributed by atoms with van der Waals surface area (Å²) in [6.45, 7) is 8.44. The van der Waals surface area contributed by atoms with E-state index in [0.29, 0.717) is 5.02 Å². The molecule has 0 saturated heterocycles. The molecule has 0 spiro atoms. The van der Waals surface area contributed by atoms with Crippen molar-refractivity contribution in [3.63, 3.8) is 0 Å². The lowest BCUT2D eigenvalue weighted by Gasteiger charge is -2.21. The van der Waals surface area contributed by atoms with E-state index in [9.17, 15) is 0 Å². The van der Waals surface area contributed by atoms with Crippen molar-refractivity contribution in [2.45, 2.75) is 46.5 Å². The van der Waals surface area contributed by atoms with Gasteiger partial charge >= 0.3 is 0 Å². The van der Waals surface area contributed by atoms with Gasteiger partial charge in [0, 0.05) is 18.7 Å². The maximum absolute atomic E-state index is 6.45. The Kier molecular flexibility index (Phi) is 6.15. The summed E-state index contributed by atoms with van der Waals surface area (Å²) in [5.41, 5.74) is 7.94. The van der Waals surface area contributed by atoms with E-state index < -0.39 is 0 Å². The summed E-state index contributed by atoms with van der Waals surface area (Å²) in [5, 5.41) is 5.53. The molecule has 1 aromatic carbocycles. The van der Waals surface area contributed by atoms with E-state index in [4.69, 9.17) is 22.1 Å². The minimum absolute atomic E-state index is 0.662. The summed E-state index contributed by atoms with van der Waals surface area (Å²) in [6, 6.07) is 1.98. The molecule has 22 heavy (non-hydrogen) atoms. The quantitative estimate of drug-likeness (QED) is 0.719. The molecule has 0 saturated carbocycles. The zero-order valence-electron chi connectivity index (χ0n) is 13.5. The molecule has 0 aliphatic carbocycles. The van der Waals surface area contributed by atoms with E-state index in [-0.39, 0.29) is 0 Å². The van der Waals surface area contributed by atoms with Crippen molar-refractivity contribution >= 4 is 44.0 Å². The van der Waals surface area contributed by atoms with Crippen LogP contribution in [-0.4, -0.2) is 18.1 Å². The van der Waals surface area contributed by atoms with Gasteiger partial charge in [0.25, 0.3) is 0 Å². The van der Waals surface area contributed by atoms with Crippen molar-refractivity contribution in [2.24, 2.45) is 5.11 Å². The third kappa shape index (κ3) is 3.58. The molecule has 1 aromatic heterocycles. The van der Waals surface area contributed by atoms with Gasteiger partial charge in [-0.25, -0.2) is 4.98 Å². The Morgan fingerprint density at radius 1 is 1.27 bits per heavy atom. The first-order valence-corrected chi connectivity index (χ1v) is 9.07. The average molecular weight is 340 g/mol. The minimum Gasteiger partial charge on any atom is -0.348 e. The van der Waals surface area contributed by atoms with Crippen LogP contribution in [0.15, 0.2) is 11.2 Å². The number of halogens is 1. The van der Waals surface area contributed by atoms with Gasteiger partial charge in [0.2, 0.25) is 0 Å². The summed E-state index contributed by atoms with van der Waals surface area (Å²) in [6.07, 6.45) is 4.72. The largest absolute Gasteiger partial charge is 0.348 e. The summed E-state index contributed by atoms with van der Waals surface area (Å²) in [5.74, 6) is 0. The van der Waals surface area contributed by atoms with E-state index in [1.165, 1.54) is 25.7 Å². The van der Waals surface area contributed by atoms with Gasteiger partial charge in [-0.2, -0.15) is 5.53 Å². The van der Waals surface area contributed by atoms with Crippen LogP contribution in [0.25, 0.3) is 10.2 Å². The van der Waals surface area contributed by atoms with Crippen LogP contribution in [0.1, 0.15) is 45.1 Å². The van der Waals surface area contributed by atoms with Crippen LogP contribution < -0.4 is 10.4 Å². The molecular weight excluding hydrogens is 316 g/mol. The number of unbranched alkanes of at least 4 members (excludes halogenated alkanes) is 2. The number of hydrogen-bond acceptors (Lipinski definition) is 4. The number of thiazole rings is 1. The van der Waals surface area contributed by atoms with Gasteiger partial charge in [0.05, 0.1) is 9.72 Å². The van der Waals surface area contributed by atoms with Crippen molar-refractivity contribution in [1.82, 2.24) is 4.98 Å². The van der Waals surface area contributed by atoms with Crippen molar-refractivity contribution in [3.05, 3.63) is 16.7 Å². The molecule has 120 valence electrons. The molecule has 2 rings (SSSR count). The zero-order valence-corrected chi connectivity index (χ0v) is 15.1. The van der Waals surface area contributed by atoms with Gasteiger partial charge < -0.3 is 4.90 Å². The Labute approximate surface area is 141 Å². The predicted octanol–water partition coefficient (Wildman–Crippen LogP) is 4.51. The van der Waals surface area contributed by atoms with Crippen LogP contribution in [0.5, 0.6) is 0 Å². The van der Waals surface area contributed by atoms with Gasteiger partial charge in [0.1, 0.15) is 11.2 Å². The van der Waals surface area contributed by atoms with Gasteiger partial charge in [-0.05, 0) is 30.9 Å². The maximum atomic E-state index is 6.45. The number of hydrogen-bond donors (Lipinski definition) is 1. The number of benzene rings is 1. The predicted molar refractivity (Wildman–Crippen MR) is 95.4 cm³/mol. The third-order valence-electron chi connectivity index (χ3n) is 3.80. The Morgan fingerprint density at radius 2 is 1.91 bits per heavy atom. The summed E-state index contributed by atoms with van der Waals surface area (Å²) in [4.78, 5) is 7.16. The smallest absolute Gasteiger partial charge is 0.186 e. The average Bonchev–Trinajstić information content (AvgIpc) is 2.95. The van der Waals surface area contributed by atoms with Crippen molar-refractivity contribution < 1.29 is 5.53 Å².